The van der Waals surface area contributed by atoms with Gasteiger partial charge >= 0.3 is 6.09 Å². The van der Waals surface area contributed by atoms with Crippen LogP contribution in [0.3, 0.4) is 0 Å². The van der Waals surface area contributed by atoms with Gasteiger partial charge in [0.25, 0.3) is 0 Å². The highest BCUT2D eigenvalue weighted by atomic mass is 79.9. The van der Waals surface area contributed by atoms with Gasteiger partial charge in [-0.2, -0.15) is 0 Å². The summed E-state index contributed by atoms with van der Waals surface area (Å²) in [6.45, 7) is 11.6. The van der Waals surface area contributed by atoms with Crippen molar-refractivity contribution in [1.82, 2.24) is 19.4 Å². The van der Waals surface area contributed by atoms with Gasteiger partial charge in [0.1, 0.15) is 22.9 Å². The van der Waals surface area contributed by atoms with Gasteiger partial charge in [0.15, 0.2) is 0 Å². The van der Waals surface area contributed by atoms with Gasteiger partial charge in [-0.15, -0.1) is 0 Å². The van der Waals surface area contributed by atoms with Crippen molar-refractivity contribution in [2.75, 3.05) is 24.5 Å². The first-order valence-electron chi connectivity index (χ1n) is 8.80. The monoisotopic (exact) mass is 423 g/mol. The molecule has 0 aromatic carbocycles. The van der Waals surface area contributed by atoms with Crippen molar-refractivity contribution in [3.05, 3.63) is 16.5 Å². The number of aryl methyl sites for hydroxylation is 2. The minimum atomic E-state index is -0.484. The van der Waals surface area contributed by atoms with Gasteiger partial charge in [0.05, 0.1) is 5.39 Å². The number of rotatable bonds is 1. The number of ether oxygens (including phenoxy) is 1. The largest absolute Gasteiger partial charge is 0.444 e. The van der Waals surface area contributed by atoms with Crippen LogP contribution in [0.4, 0.5) is 10.6 Å². The summed E-state index contributed by atoms with van der Waals surface area (Å²) < 4.78 is 8.49. The molecule has 0 unspecified atom stereocenters. The Balaban J connectivity index is 1.87. The lowest BCUT2D eigenvalue weighted by Gasteiger charge is -2.41. The van der Waals surface area contributed by atoms with E-state index in [0.717, 1.165) is 27.1 Å². The average molecular weight is 424 g/mol. The third-order valence-corrected chi connectivity index (χ3v) is 5.02. The molecule has 1 atom stereocenters. The summed E-state index contributed by atoms with van der Waals surface area (Å²) >= 11 is 3.64. The van der Waals surface area contributed by atoms with Crippen LogP contribution in [0.1, 0.15) is 33.5 Å². The Hall–Kier alpha value is -1.83. The molecule has 1 aliphatic heterocycles. The van der Waals surface area contributed by atoms with E-state index in [1.807, 2.05) is 45.5 Å². The molecule has 0 spiro atoms. The van der Waals surface area contributed by atoms with Crippen molar-refractivity contribution in [2.24, 2.45) is 7.05 Å². The molecule has 0 bridgehead atoms. The van der Waals surface area contributed by atoms with E-state index in [-0.39, 0.29) is 12.1 Å². The molecule has 3 heterocycles. The molecule has 0 aliphatic carbocycles. The molecule has 3 rings (SSSR count). The molecule has 7 nitrogen and oxygen atoms in total. The highest BCUT2D eigenvalue weighted by molar-refractivity contribution is 9.10. The summed E-state index contributed by atoms with van der Waals surface area (Å²) in [4.78, 5) is 25.7. The minimum Gasteiger partial charge on any atom is -0.444 e. The molecule has 142 valence electrons. The Morgan fingerprint density at radius 2 is 2.00 bits per heavy atom. The predicted molar refractivity (Wildman–Crippen MR) is 106 cm³/mol. The van der Waals surface area contributed by atoms with Crippen molar-refractivity contribution in [3.63, 3.8) is 0 Å². The molecule has 0 saturated carbocycles. The maximum absolute atomic E-state index is 12.4. The summed E-state index contributed by atoms with van der Waals surface area (Å²) in [5.74, 6) is 1.65. The quantitative estimate of drug-likeness (QED) is 0.702. The summed E-state index contributed by atoms with van der Waals surface area (Å²) in [7, 11) is 1.98. The van der Waals surface area contributed by atoms with E-state index in [9.17, 15) is 4.79 Å². The topological polar surface area (TPSA) is 63.5 Å². The third-order valence-electron chi connectivity index (χ3n) is 4.41. The molecule has 26 heavy (non-hydrogen) atoms. The van der Waals surface area contributed by atoms with E-state index in [2.05, 4.69) is 32.7 Å². The molecule has 0 radical (unpaired) electrons. The van der Waals surface area contributed by atoms with Crippen LogP contribution in [0.15, 0.2) is 10.7 Å². The molecule has 1 amide bonds. The van der Waals surface area contributed by atoms with Crippen molar-refractivity contribution < 1.29 is 9.53 Å². The number of fused-ring (bicyclic) bond motifs is 1. The van der Waals surface area contributed by atoms with Gasteiger partial charge in [-0.1, -0.05) is 0 Å². The van der Waals surface area contributed by atoms with E-state index in [1.54, 1.807) is 4.90 Å². The number of piperazine rings is 1. The number of aromatic nitrogens is 3. The Morgan fingerprint density at radius 1 is 1.31 bits per heavy atom. The van der Waals surface area contributed by atoms with Crippen LogP contribution >= 0.6 is 15.9 Å². The Bertz CT molecular complexity index is 842. The third kappa shape index (κ3) is 3.65. The molecule has 8 heteroatoms. The van der Waals surface area contributed by atoms with Crippen molar-refractivity contribution in [3.8, 4) is 0 Å². The average Bonchev–Trinajstić information content (AvgIpc) is 2.79. The van der Waals surface area contributed by atoms with Crippen LogP contribution in [0, 0.1) is 6.92 Å². The zero-order valence-electron chi connectivity index (χ0n) is 16.2. The normalized spacial score (nSPS) is 18.5. The molecule has 1 aliphatic rings. The number of hydrogen-bond donors (Lipinski definition) is 0. The maximum Gasteiger partial charge on any atom is 0.410 e. The molecule has 2 aromatic heterocycles. The van der Waals surface area contributed by atoms with Gasteiger partial charge in [0.2, 0.25) is 0 Å². The smallest absolute Gasteiger partial charge is 0.410 e. The van der Waals surface area contributed by atoms with Gasteiger partial charge in [-0.05, 0) is 50.5 Å². The number of halogens is 1. The summed E-state index contributed by atoms with van der Waals surface area (Å²) in [6.07, 6.45) is 1.75. The number of hydrogen-bond acceptors (Lipinski definition) is 5. The lowest BCUT2D eigenvalue weighted by Crippen LogP contribution is -2.55. The van der Waals surface area contributed by atoms with Crippen LogP contribution < -0.4 is 4.90 Å². The zero-order valence-corrected chi connectivity index (χ0v) is 17.8. The number of amides is 1. The summed E-state index contributed by atoms with van der Waals surface area (Å²) in [5, 5.41) is 1.01. The first-order valence-corrected chi connectivity index (χ1v) is 9.60. The van der Waals surface area contributed by atoms with Crippen LogP contribution in [0.5, 0.6) is 0 Å². The minimum absolute atomic E-state index is 0.126. The first-order chi connectivity index (χ1) is 12.1. The maximum atomic E-state index is 12.4. The zero-order chi connectivity index (χ0) is 19.2. The van der Waals surface area contributed by atoms with E-state index in [4.69, 9.17) is 9.72 Å². The van der Waals surface area contributed by atoms with Crippen LogP contribution in [-0.2, 0) is 11.8 Å². The molecular weight excluding hydrogens is 398 g/mol. The fraction of sp³-hybridized carbons (Fsp3) is 0.611. The fourth-order valence-corrected chi connectivity index (χ4v) is 3.94. The molecule has 1 saturated heterocycles. The molecule has 1 fully saturated rings. The Morgan fingerprint density at radius 3 is 2.62 bits per heavy atom. The van der Waals surface area contributed by atoms with E-state index in [1.165, 1.54) is 0 Å². The summed E-state index contributed by atoms with van der Waals surface area (Å²) in [6, 6.07) is 0.126. The summed E-state index contributed by atoms with van der Waals surface area (Å²) in [5.41, 5.74) is 0.420. The second-order valence-electron chi connectivity index (χ2n) is 7.85. The van der Waals surface area contributed by atoms with Crippen LogP contribution in [0.25, 0.3) is 11.0 Å². The Labute approximate surface area is 162 Å². The number of carbonyl (C=O) groups is 1. The van der Waals surface area contributed by atoms with E-state index < -0.39 is 5.60 Å². The fourth-order valence-electron chi connectivity index (χ4n) is 3.28. The first kappa shape index (κ1) is 18.9. The second-order valence-corrected chi connectivity index (χ2v) is 8.70. The number of carbonyl (C=O) groups excluding carboxylic acids is 1. The van der Waals surface area contributed by atoms with E-state index >= 15 is 0 Å². The number of nitrogens with zero attached hydrogens (tertiary/aromatic N) is 5. The number of anilines is 1. The highest BCUT2D eigenvalue weighted by Gasteiger charge is 2.32. The standard InChI is InChI=1S/C18H26BrN5O2/c1-11-9-23(17(25)26-18(3,4)5)7-8-24(11)16-14-13(19)10-22(6)15(14)20-12(2)21-16/h10-11H,7-9H2,1-6H3/t11-/m1/s1. The lowest BCUT2D eigenvalue weighted by molar-refractivity contribution is 0.0218. The van der Waals surface area contributed by atoms with Crippen molar-refractivity contribution in [2.45, 2.75) is 46.3 Å². The lowest BCUT2D eigenvalue weighted by atomic mass is 10.1. The Kier molecular flexibility index (Phi) is 4.90. The van der Waals surface area contributed by atoms with Crippen molar-refractivity contribution >= 4 is 38.9 Å². The van der Waals surface area contributed by atoms with Crippen LogP contribution in [0.2, 0.25) is 0 Å². The van der Waals surface area contributed by atoms with Gasteiger partial charge in [0, 0.05) is 43.4 Å². The van der Waals surface area contributed by atoms with Gasteiger partial charge in [-0.25, -0.2) is 14.8 Å². The van der Waals surface area contributed by atoms with E-state index in [0.29, 0.717) is 19.6 Å². The van der Waals surface area contributed by atoms with Crippen molar-refractivity contribution in [1.29, 1.82) is 0 Å². The molecule has 2 aromatic rings. The molecule has 0 N–H and O–H groups in total. The highest BCUT2D eigenvalue weighted by Crippen LogP contribution is 2.34. The van der Waals surface area contributed by atoms with Gasteiger partial charge < -0.3 is 19.1 Å². The second kappa shape index (κ2) is 6.72. The van der Waals surface area contributed by atoms with Crippen LogP contribution in [-0.4, -0.2) is 56.8 Å². The van der Waals surface area contributed by atoms with Gasteiger partial charge in [-0.3, -0.25) is 0 Å². The SMILES string of the molecule is Cc1nc(N2CCN(C(=O)OC(C)(C)C)C[C@H]2C)c2c(Br)cn(C)c2n1. The molecular formula is C18H26BrN5O2. The predicted octanol–water partition coefficient (Wildman–Crippen LogP) is 3.48.